The van der Waals surface area contributed by atoms with Crippen LogP contribution in [0.3, 0.4) is 0 Å². The van der Waals surface area contributed by atoms with Gasteiger partial charge in [0.05, 0.1) is 17.2 Å². The van der Waals surface area contributed by atoms with Gasteiger partial charge < -0.3 is 9.80 Å². The van der Waals surface area contributed by atoms with Gasteiger partial charge in [0, 0.05) is 32.4 Å². The van der Waals surface area contributed by atoms with Gasteiger partial charge in [-0.1, -0.05) is 0 Å². The molecule has 3 aliphatic rings. The van der Waals surface area contributed by atoms with Gasteiger partial charge in [-0.2, -0.15) is 0 Å². The Morgan fingerprint density at radius 1 is 1.20 bits per heavy atom. The summed E-state index contributed by atoms with van der Waals surface area (Å²) in [4.78, 5) is 33.1. The normalized spacial score (nSPS) is 27.0. The molecule has 1 atom stereocenters. The molecule has 1 saturated carbocycles. The summed E-state index contributed by atoms with van der Waals surface area (Å²) in [6, 6.07) is 1.23. The van der Waals surface area contributed by atoms with E-state index in [1.807, 2.05) is 4.90 Å². The number of likely N-dealkylation sites (tertiary alicyclic amines) is 2. The van der Waals surface area contributed by atoms with E-state index in [1.54, 1.807) is 4.90 Å². The Balaban J connectivity index is 1.43. The molecule has 1 aliphatic carbocycles. The molecule has 25 heavy (non-hydrogen) atoms. The molecule has 1 spiro atoms. The second kappa shape index (κ2) is 6.39. The first kappa shape index (κ1) is 16.5. The van der Waals surface area contributed by atoms with Crippen LogP contribution in [0.4, 0.5) is 4.39 Å². The van der Waals surface area contributed by atoms with Crippen LogP contribution >= 0.6 is 0 Å². The van der Waals surface area contributed by atoms with E-state index in [-0.39, 0.29) is 16.9 Å². The van der Waals surface area contributed by atoms with Crippen LogP contribution in [0.25, 0.3) is 0 Å². The smallest absolute Gasteiger partial charge is 0.255 e. The Morgan fingerprint density at radius 3 is 2.76 bits per heavy atom. The fraction of sp³-hybridized carbons (Fsp3) is 0.632. The van der Waals surface area contributed by atoms with Crippen molar-refractivity contribution in [2.24, 2.45) is 11.3 Å². The first-order valence-electron chi connectivity index (χ1n) is 9.27. The molecular weight excluding hydrogens is 321 g/mol. The number of halogens is 1. The quantitative estimate of drug-likeness (QED) is 0.846. The van der Waals surface area contributed by atoms with E-state index in [0.717, 1.165) is 38.5 Å². The van der Waals surface area contributed by atoms with E-state index < -0.39 is 5.82 Å². The van der Waals surface area contributed by atoms with Crippen LogP contribution in [0.5, 0.6) is 0 Å². The number of nitrogens with zero attached hydrogens (tertiary/aromatic N) is 3. The lowest BCUT2D eigenvalue weighted by atomic mass is 9.79. The molecule has 0 bridgehead atoms. The number of hydrogen-bond acceptors (Lipinski definition) is 3. The molecule has 4 rings (SSSR count). The molecule has 5 nitrogen and oxygen atoms in total. The zero-order valence-corrected chi connectivity index (χ0v) is 14.4. The Bertz CT molecular complexity index is 691. The Labute approximate surface area is 147 Å². The molecule has 1 aromatic heterocycles. The van der Waals surface area contributed by atoms with Crippen molar-refractivity contribution in [2.75, 3.05) is 26.2 Å². The van der Waals surface area contributed by atoms with Gasteiger partial charge >= 0.3 is 0 Å². The number of amides is 2. The zero-order valence-electron chi connectivity index (χ0n) is 14.4. The van der Waals surface area contributed by atoms with Crippen LogP contribution in [0.15, 0.2) is 18.5 Å². The van der Waals surface area contributed by atoms with Crippen molar-refractivity contribution in [2.45, 2.75) is 38.5 Å². The van der Waals surface area contributed by atoms with Gasteiger partial charge in [-0.05, 0) is 50.5 Å². The summed E-state index contributed by atoms with van der Waals surface area (Å²) in [6.07, 6.45) is 8.28. The standard InChI is InChI=1S/C19H24FN3O2/c20-16-10-15(11-21-12-16)17(24)22-7-1-4-19(5-8-22)6-9-23(18(19)25)13-14-2-3-14/h10-12,14H,1-9,13H2/t19-/m1/s1. The summed E-state index contributed by atoms with van der Waals surface area (Å²) in [5.74, 6) is 0.313. The molecule has 2 aliphatic heterocycles. The third-order valence-corrected chi connectivity index (χ3v) is 5.96. The average molecular weight is 345 g/mol. The monoisotopic (exact) mass is 345 g/mol. The van der Waals surface area contributed by atoms with Crippen molar-refractivity contribution in [3.8, 4) is 0 Å². The van der Waals surface area contributed by atoms with E-state index in [2.05, 4.69) is 4.98 Å². The summed E-state index contributed by atoms with van der Waals surface area (Å²) >= 11 is 0. The summed E-state index contributed by atoms with van der Waals surface area (Å²) < 4.78 is 13.3. The van der Waals surface area contributed by atoms with Crippen molar-refractivity contribution < 1.29 is 14.0 Å². The predicted octanol–water partition coefficient (Wildman–Crippen LogP) is 2.48. The molecule has 0 aromatic carbocycles. The van der Waals surface area contributed by atoms with Gasteiger partial charge in [-0.3, -0.25) is 14.6 Å². The Morgan fingerprint density at radius 2 is 2.00 bits per heavy atom. The second-order valence-electron chi connectivity index (χ2n) is 7.76. The average Bonchev–Trinajstić information content (AvgIpc) is 3.40. The molecule has 0 N–H and O–H groups in total. The maximum Gasteiger partial charge on any atom is 0.255 e. The largest absolute Gasteiger partial charge is 0.342 e. The fourth-order valence-corrected chi connectivity index (χ4v) is 4.25. The van der Waals surface area contributed by atoms with Crippen molar-refractivity contribution >= 4 is 11.8 Å². The maximum atomic E-state index is 13.3. The van der Waals surface area contributed by atoms with Crippen molar-refractivity contribution in [3.05, 3.63) is 29.8 Å². The van der Waals surface area contributed by atoms with Crippen LogP contribution in [-0.2, 0) is 4.79 Å². The molecule has 3 heterocycles. The SMILES string of the molecule is O=C(c1cncc(F)c1)N1CCC[C@@]2(CC1)CCN(CC1CC1)C2=O. The summed E-state index contributed by atoms with van der Waals surface area (Å²) in [6.45, 7) is 2.95. The van der Waals surface area contributed by atoms with Gasteiger partial charge in [-0.25, -0.2) is 4.39 Å². The number of aromatic nitrogens is 1. The molecule has 0 unspecified atom stereocenters. The molecule has 2 amide bonds. The Kier molecular flexibility index (Phi) is 4.21. The number of carbonyl (C=O) groups excluding carboxylic acids is 2. The van der Waals surface area contributed by atoms with Crippen LogP contribution in [-0.4, -0.2) is 52.8 Å². The first-order chi connectivity index (χ1) is 12.1. The molecule has 6 heteroatoms. The predicted molar refractivity (Wildman–Crippen MR) is 90.3 cm³/mol. The number of pyridine rings is 1. The molecule has 1 aromatic rings. The van der Waals surface area contributed by atoms with E-state index >= 15 is 0 Å². The number of rotatable bonds is 3. The van der Waals surface area contributed by atoms with E-state index in [0.29, 0.717) is 31.3 Å². The third kappa shape index (κ3) is 3.26. The lowest BCUT2D eigenvalue weighted by Gasteiger charge is -2.27. The number of hydrogen-bond donors (Lipinski definition) is 0. The third-order valence-electron chi connectivity index (χ3n) is 5.96. The summed E-state index contributed by atoms with van der Waals surface area (Å²) in [5, 5.41) is 0. The van der Waals surface area contributed by atoms with Crippen LogP contribution in [0, 0.1) is 17.2 Å². The maximum absolute atomic E-state index is 13.3. The minimum absolute atomic E-state index is 0.190. The molecule has 2 saturated heterocycles. The van der Waals surface area contributed by atoms with E-state index in [4.69, 9.17) is 0 Å². The van der Waals surface area contributed by atoms with Crippen molar-refractivity contribution in [1.82, 2.24) is 14.8 Å². The highest BCUT2D eigenvalue weighted by Gasteiger charge is 2.48. The lowest BCUT2D eigenvalue weighted by molar-refractivity contribution is -0.136. The second-order valence-corrected chi connectivity index (χ2v) is 7.76. The van der Waals surface area contributed by atoms with Crippen LogP contribution < -0.4 is 0 Å². The minimum atomic E-state index is -0.501. The Hall–Kier alpha value is -1.98. The lowest BCUT2D eigenvalue weighted by Crippen LogP contribution is -2.37. The number of carbonyl (C=O) groups is 2. The van der Waals surface area contributed by atoms with E-state index in [1.165, 1.54) is 25.1 Å². The highest BCUT2D eigenvalue weighted by molar-refractivity contribution is 5.94. The van der Waals surface area contributed by atoms with Gasteiger partial charge in [-0.15, -0.1) is 0 Å². The van der Waals surface area contributed by atoms with Crippen LogP contribution in [0.1, 0.15) is 48.9 Å². The molecule has 0 radical (unpaired) electrons. The zero-order chi connectivity index (χ0) is 17.4. The highest BCUT2D eigenvalue weighted by atomic mass is 19.1. The van der Waals surface area contributed by atoms with Gasteiger partial charge in [0.25, 0.3) is 5.91 Å². The van der Waals surface area contributed by atoms with Gasteiger partial charge in [0.2, 0.25) is 5.91 Å². The molecule has 134 valence electrons. The summed E-state index contributed by atoms with van der Waals surface area (Å²) in [7, 11) is 0. The topological polar surface area (TPSA) is 53.5 Å². The van der Waals surface area contributed by atoms with Crippen LogP contribution in [0.2, 0.25) is 0 Å². The van der Waals surface area contributed by atoms with Crippen molar-refractivity contribution in [3.63, 3.8) is 0 Å². The van der Waals surface area contributed by atoms with Gasteiger partial charge in [0.1, 0.15) is 5.82 Å². The minimum Gasteiger partial charge on any atom is -0.342 e. The molecular formula is C19H24FN3O2. The summed E-state index contributed by atoms with van der Waals surface area (Å²) in [5.41, 5.74) is -0.00606. The first-order valence-corrected chi connectivity index (χ1v) is 9.27. The van der Waals surface area contributed by atoms with Crippen molar-refractivity contribution in [1.29, 1.82) is 0 Å². The highest BCUT2D eigenvalue weighted by Crippen LogP contribution is 2.43. The van der Waals surface area contributed by atoms with E-state index in [9.17, 15) is 14.0 Å². The fourth-order valence-electron chi connectivity index (χ4n) is 4.25. The molecule has 3 fully saturated rings. The van der Waals surface area contributed by atoms with Gasteiger partial charge in [0.15, 0.2) is 0 Å².